The smallest absolute Gasteiger partial charge is 0.162 e. The summed E-state index contributed by atoms with van der Waals surface area (Å²) in [5.74, 6) is 0. The Balaban J connectivity index is 1.74. The zero-order valence-electron chi connectivity index (χ0n) is 9.79. The van der Waals surface area contributed by atoms with Gasteiger partial charge in [-0.2, -0.15) is 0 Å². The van der Waals surface area contributed by atoms with Gasteiger partial charge in [-0.05, 0) is 42.0 Å². The first-order valence-corrected chi connectivity index (χ1v) is 8.55. The van der Waals surface area contributed by atoms with Gasteiger partial charge in [0.1, 0.15) is 0 Å². The number of aryl methyl sites for hydroxylation is 1. The third-order valence-electron chi connectivity index (χ3n) is 2.50. The second-order valence-electron chi connectivity index (χ2n) is 3.93. The first kappa shape index (κ1) is 12.1. The predicted octanol–water partition coefficient (Wildman–Crippen LogP) is 5.40. The molecule has 0 spiro atoms. The number of hydrogen-bond acceptors (Lipinski definition) is 4. The Morgan fingerprint density at radius 1 is 0.944 bits per heavy atom. The lowest BCUT2D eigenvalue weighted by Crippen LogP contribution is -1.71. The van der Waals surface area contributed by atoms with Crippen LogP contribution in [0.25, 0.3) is 10.2 Å². The zero-order valence-corrected chi connectivity index (χ0v) is 12.2. The molecule has 0 N–H and O–H groups in total. The van der Waals surface area contributed by atoms with Crippen LogP contribution in [-0.4, -0.2) is 4.98 Å². The quantitative estimate of drug-likeness (QED) is 0.599. The number of aromatic nitrogens is 1. The molecule has 0 aliphatic rings. The molecule has 2 aromatic carbocycles. The van der Waals surface area contributed by atoms with Gasteiger partial charge in [0.2, 0.25) is 0 Å². The molecule has 4 heteroatoms. The molecule has 1 aromatic heterocycles. The Hall–Kier alpha value is -0.970. The molecule has 0 aliphatic carbocycles. The van der Waals surface area contributed by atoms with E-state index in [1.165, 1.54) is 15.2 Å². The van der Waals surface area contributed by atoms with Gasteiger partial charge in [-0.3, -0.25) is 0 Å². The van der Waals surface area contributed by atoms with Crippen molar-refractivity contribution >= 4 is 43.1 Å². The van der Waals surface area contributed by atoms with Gasteiger partial charge in [-0.15, -0.1) is 11.3 Å². The van der Waals surface area contributed by atoms with Gasteiger partial charge in [0.25, 0.3) is 0 Å². The van der Waals surface area contributed by atoms with E-state index in [2.05, 4.69) is 54.4 Å². The molecule has 0 saturated heterocycles. The van der Waals surface area contributed by atoms with Crippen molar-refractivity contribution in [3.8, 4) is 0 Å². The molecule has 3 aromatic rings. The highest BCUT2D eigenvalue weighted by Gasteiger charge is 2.04. The highest BCUT2D eigenvalue weighted by atomic mass is 33.1. The van der Waals surface area contributed by atoms with Crippen LogP contribution in [0.2, 0.25) is 0 Å². The van der Waals surface area contributed by atoms with Crippen LogP contribution in [0.15, 0.2) is 57.8 Å². The molecule has 0 aliphatic heterocycles. The van der Waals surface area contributed by atoms with Gasteiger partial charge in [0.15, 0.2) is 4.34 Å². The average Bonchev–Trinajstić information content (AvgIpc) is 2.81. The molecule has 0 amide bonds. The summed E-state index contributed by atoms with van der Waals surface area (Å²) >= 11 is 1.75. The van der Waals surface area contributed by atoms with Crippen LogP contribution < -0.4 is 0 Å². The molecule has 1 heterocycles. The summed E-state index contributed by atoms with van der Waals surface area (Å²) in [5, 5.41) is 0. The SMILES string of the molecule is Cc1ccc(SSc2nc3ccccc3s2)cc1. The fourth-order valence-electron chi connectivity index (χ4n) is 1.56. The largest absolute Gasteiger partial charge is 0.229 e. The minimum atomic E-state index is 1.09. The van der Waals surface area contributed by atoms with Gasteiger partial charge in [-0.25, -0.2) is 4.98 Å². The predicted molar refractivity (Wildman–Crippen MR) is 82.5 cm³/mol. The Morgan fingerprint density at radius 2 is 1.72 bits per heavy atom. The number of rotatable bonds is 3. The van der Waals surface area contributed by atoms with Crippen molar-refractivity contribution in [2.75, 3.05) is 0 Å². The molecule has 0 bridgehead atoms. The van der Waals surface area contributed by atoms with Crippen molar-refractivity contribution in [1.82, 2.24) is 4.98 Å². The van der Waals surface area contributed by atoms with E-state index in [-0.39, 0.29) is 0 Å². The maximum Gasteiger partial charge on any atom is 0.162 e. The standard InChI is InChI=1S/C14H11NS3/c1-10-6-8-11(9-7-10)17-18-14-15-12-4-2-3-5-13(12)16-14/h2-9H,1H3. The fraction of sp³-hybridized carbons (Fsp3) is 0.0714. The van der Waals surface area contributed by atoms with Crippen LogP contribution in [0.4, 0.5) is 0 Å². The van der Waals surface area contributed by atoms with Gasteiger partial charge < -0.3 is 0 Å². The molecule has 0 radical (unpaired) electrons. The molecule has 0 atom stereocenters. The van der Waals surface area contributed by atoms with Crippen molar-refractivity contribution in [1.29, 1.82) is 0 Å². The number of nitrogens with zero attached hydrogens (tertiary/aromatic N) is 1. The third kappa shape index (κ3) is 2.71. The van der Waals surface area contributed by atoms with E-state index in [1.807, 2.05) is 6.07 Å². The van der Waals surface area contributed by atoms with Crippen molar-refractivity contribution in [3.05, 3.63) is 54.1 Å². The van der Waals surface area contributed by atoms with Gasteiger partial charge in [0, 0.05) is 4.90 Å². The lowest BCUT2D eigenvalue weighted by molar-refractivity contribution is 1.31. The van der Waals surface area contributed by atoms with Crippen LogP contribution in [0, 0.1) is 6.92 Å². The first-order chi connectivity index (χ1) is 8.81. The van der Waals surface area contributed by atoms with E-state index in [0.29, 0.717) is 0 Å². The number of benzene rings is 2. The number of thiazole rings is 1. The van der Waals surface area contributed by atoms with Crippen LogP contribution in [0.5, 0.6) is 0 Å². The van der Waals surface area contributed by atoms with Crippen molar-refractivity contribution in [2.45, 2.75) is 16.2 Å². The summed E-state index contributed by atoms with van der Waals surface area (Å²) in [5.41, 5.74) is 2.39. The highest BCUT2D eigenvalue weighted by Crippen LogP contribution is 2.40. The van der Waals surface area contributed by atoms with Crippen LogP contribution in [0.1, 0.15) is 5.56 Å². The summed E-state index contributed by atoms with van der Waals surface area (Å²) in [6.07, 6.45) is 0. The van der Waals surface area contributed by atoms with E-state index < -0.39 is 0 Å². The maximum absolute atomic E-state index is 4.61. The molecule has 3 rings (SSSR count). The first-order valence-electron chi connectivity index (χ1n) is 5.58. The molecular formula is C14H11NS3. The van der Waals surface area contributed by atoms with Gasteiger partial charge in [0.05, 0.1) is 10.2 Å². The molecule has 1 nitrogen and oxygen atoms in total. The molecular weight excluding hydrogens is 278 g/mol. The molecule has 18 heavy (non-hydrogen) atoms. The third-order valence-corrected chi connectivity index (χ3v) is 6.23. The normalized spacial score (nSPS) is 10.9. The Bertz CT molecular complexity index is 625. The lowest BCUT2D eigenvalue weighted by atomic mass is 10.2. The zero-order chi connectivity index (χ0) is 12.4. The minimum absolute atomic E-state index is 1.09. The number of fused-ring (bicyclic) bond motifs is 1. The van der Waals surface area contributed by atoms with Gasteiger partial charge in [-0.1, -0.05) is 40.6 Å². The lowest BCUT2D eigenvalue weighted by Gasteiger charge is -1.98. The topological polar surface area (TPSA) is 12.9 Å². The Labute approximate surface area is 118 Å². The molecule has 0 fully saturated rings. The molecule has 90 valence electrons. The summed E-state index contributed by atoms with van der Waals surface area (Å²) < 4.78 is 2.37. The monoisotopic (exact) mass is 289 g/mol. The van der Waals surface area contributed by atoms with E-state index >= 15 is 0 Å². The van der Waals surface area contributed by atoms with E-state index in [1.54, 1.807) is 32.9 Å². The van der Waals surface area contributed by atoms with Crippen molar-refractivity contribution < 1.29 is 0 Å². The Kier molecular flexibility index (Phi) is 3.59. The highest BCUT2D eigenvalue weighted by molar-refractivity contribution is 8.77. The van der Waals surface area contributed by atoms with Gasteiger partial charge >= 0.3 is 0 Å². The van der Waals surface area contributed by atoms with Crippen molar-refractivity contribution in [3.63, 3.8) is 0 Å². The average molecular weight is 289 g/mol. The second-order valence-corrected chi connectivity index (χ2v) is 7.41. The second kappa shape index (κ2) is 5.34. The van der Waals surface area contributed by atoms with E-state index in [4.69, 9.17) is 0 Å². The van der Waals surface area contributed by atoms with Crippen molar-refractivity contribution in [2.24, 2.45) is 0 Å². The Morgan fingerprint density at radius 3 is 2.50 bits per heavy atom. The minimum Gasteiger partial charge on any atom is -0.229 e. The van der Waals surface area contributed by atoms with E-state index in [0.717, 1.165) is 9.86 Å². The van der Waals surface area contributed by atoms with Crippen LogP contribution in [-0.2, 0) is 0 Å². The maximum atomic E-state index is 4.61. The number of hydrogen-bond donors (Lipinski definition) is 0. The summed E-state index contributed by atoms with van der Waals surface area (Å²) in [4.78, 5) is 5.87. The molecule has 0 saturated carbocycles. The summed E-state index contributed by atoms with van der Waals surface area (Å²) in [6.45, 7) is 2.11. The molecule has 0 unspecified atom stereocenters. The number of para-hydroxylation sites is 1. The summed E-state index contributed by atoms with van der Waals surface area (Å²) in [7, 11) is 3.49. The van der Waals surface area contributed by atoms with Crippen LogP contribution >= 0.6 is 32.9 Å². The fourth-order valence-corrected chi connectivity index (χ4v) is 4.78. The van der Waals surface area contributed by atoms with E-state index in [9.17, 15) is 0 Å². The summed E-state index contributed by atoms with van der Waals surface area (Å²) in [6, 6.07) is 16.9. The van der Waals surface area contributed by atoms with Crippen LogP contribution in [0.3, 0.4) is 0 Å².